The minimum atomic E-state index is -0.840. The molecule has 2 aromatic carbocycles. The quantitative estimate of drug-likeness (QED) is 0.252. The van der Waals surface area contributed by atoms with Crippen LogP contribution in [0.3, 0.4) is 0 Å². The fourth-order valence-corrected chi connectivity index (χ4v) is 3.71. The molecule has 0 saturated carbocycles. The van der Waals surface area contributed by atoms with Crippen molar-refractivity contribution >= 4 is 27.4 Å². The van der Waals surface area contributed by atoms with Gasteiger partial charge in [-0.15, -0.1) is 0 Å². The van der Waals surface area contributed by atoms with E-state index >= 15 is 0 Å². The Kier molecular flexibility index (Phi) is 7.57. The third-order valence-corrected chi connectivity index (χ3v) is 5.58. The predicted octanol–water partition coefficient (Wildman–Crippen LogP) is 4.41. The van der Waals surface area contributed by atoms with Gasteiger partial charge in [0.25, 0.3) is 0 Å². The summed E-state index contributed by atoms with van der Waals surface area (Å²) < 4.78 is 22.8. The third kappa shape index (κ3) is 4.80. The molecule has 3 rings (SSSR count). The molecule has 1 unspecified atom stereocenters. The Hall–Kier alpha value is -3.27. The van der Waals surface area contributed by atoms with E-state index in [0.29, 0.717) is 38.5 Å². The number of hydrogen-bond acceptors (Lipinski definition) is 8. The highest BCUT2D eigenvalue weighted by Gasteiger charge is 2.25. The van der Waals surface area contributed by atoms with Crippen molar-refractivity contribution in [1.29, 1.82) is 0 Å². The van der Waals surface area contributed by atoms with Crippen molar-refractivity contribution in [2.45, 2.75) is 6.10 Å². The first kappa shape index (κ1) is 23.4. The van der Waals surface area contributed by atoms with Crippen LogP contribution < -0.4 is 26.1 Å². The molecule has 4 N–H and O–H groups in total. The van der Waals surface area contributed by atoms with E-state index in [9.17, 15) is 4.79 Å². The van der Waals surface area contributed by atoms with Crippen LogP contribution in [0.25, 0.3) is 11.3 Å². The lowest BCUT2D eigenvalue weighted by Crippen LogP contribution is -2.24. The molecule has 3 aromatic rings. The lowest BCUT2D eigenvalue weighted by Gasteiger charge is -2.16. The number of ether oxygens (including phenoxy) is 3. The molecule has 0 saturated heterocycles. The van der Waals surface area contributed by atoms with Crippen LogP contribution in [-0.2, 0) is 4.74 Å². The summed E-state index contributed by atoms with van der Waals surface area (Å²) >= 11 is 3.44. The van der Waals surface area contributed by atoms with Crippen LogP contribution in [0.1, 0.15) is 22.2 Å². The average molecular weight is 502 g/mol. The van der Waals surface area contributed by atoms with E-state index in [-0.39, 0.29) is 11.5 Å². The van der Waals surface area contributed by atoms with Crippen LogP contribution >= 0.6 is 15.9 Å². The van der Waals surface area contributed by atoms with Gasteiger partial charge in [0.05, 0.1) is 19.9 Å². The maximum absolute atomic E-state index is 13.1. The van der Waals surface area contributed by atoms with E-state index in [1.807, 2.05) is 0 Å². The number of nitrogens with two attached hydrogens (primary N) is 2. The largest absolute Gasteiger partial charge is 0.495 e. The third-order valence-electron chi connectivity index (χ3n) is 4.79. The number of Topliss-reactive ketones (excluding diaryl/α,β-unsaturated/α-hetero) is 1. The number of benzene rings is 2. The molecular formula is C23H24BrN3O5. The first-order valence-electron chi connectivity index (χ1n) is 9.54. The molecule has 9 heteroatoms. The van der Waals surface area contributed by atoms with Crippen LogP contribution in [0.5, 0.6) is 11.5 Å². The molecule has 168 valence electrons. The molecule has 0 aliphatic heterocycles. The number of carbonyl (C=O) groups excluding carboxylic acids is 1. The molecule has 1 atom stereocenters. The van der Waals surface area contributed by atoms with Crippen molar-refractivity contribution in [2.24, 2.45) is 11.6 Å². The van der Waals surface area contributed by atoms with Gasteiger partial charge in [0, 0.05) is 25.1 Å². The fraction of sp³-hybridized carbons (Fsp3) is 0.174. The topological polar surface area (TPSA) is 113 Å². The molecule has 1 heterocycles. The molecular weight excluding hydrogens is 478 g/mol. The van der Waals surface area contributed by atoms with E-state index in [1.165, 1.54) is 24.5 Å². The van der Waals surface area contributed by atoms with E-state index in [0.717, 1.165) is 0 Å². The second kappa shape index (κ2) is 10.4. The molecule has 0 amide bonds. The number of furan rings is 1. The van der Waals surface area contributed by atoms with E-state index < -0.39 is 6.10 Å². The van der Waals surface area contributed by atoms with Crippen LogP contribution in [-0.4, -0.2) is 27.1 Å². The summed E-state index contributed by atoms with van der Waals surface area (Å²) in [6.07, 6.45) is 2.01. The number of halogens is 1. The van der Waals surface area contributed by atoms with Gasteiger partial charge in [0.2, 0.25) is 5.78 Å². The Labute approximate surface area is 194 Å². The summed E-state index contributed by atoms with van der Waals surface area (Å²) in [5.74, 6) is 7.37. The lowest BCUT2D eigenvalue weighted by atomic mass is 10.0. The maximum Gasteiger partial charge on any atom is 0.231 e. The van der Waals surface area contributed by atoms with Crippen molar-refractivity contribution in [1.82, 2.24) is 0 Å². The zero-order valence-electron chi connectivity index (χ0n) is 17.9. The second-order valence-electron chi connectivity index (χ2n) is 6.68. The lowest BCUT2D eigenvalue weighted by molar-refractivity contribution is 0.0577. The molecule has 8 nitrogen and oxygen atoms in total. The molecule has 32 heavy (non-hydrogen) atoms. The molecule has 0 aliphatic rings. The summed E-state index contributed by atoms with van der Waals surface area (Å²) in [4.78, 5) is 13.1. The SMILES string of the molecule is COc1cc(-c2ccc(C(=O)C(OC)c3ccc(N(N)/C=C\N)cc3)o2)cc(OC)c1Br. The van der Waals surface area contributed by atoms with Crippen molar-refractivity contribution in [3.05, 3.63) is 76.7 Å². The second-order valence-corrected chi connectivity index (χ2v) is 7.47. The number of anilines is 1. The van der Waals surface area contributed by atoms with Crippen molar-refractivity contribution in [2.75, 3.05) is 26.3 Å². The number of methoxy groups -OCH3 is 3. The summed E-state index contributed by atoms with van der Waals surface area (Å²) in [5, 5.41) is 1.37. The van der Waals surface area contributed by atoms with Gasteiger partial charge >= 0.3 is 0 Å². The molecule has 0 fully saturated rings. The molecule has 1 aromatic heterocycles. The van der Waals surface area contributed by atoms with Gasteiger partial charge in [-0.3, -0.25) is 9.80 Å². The predicted molar refractivity (Wildman–Crippen MR) is 125 cm³/mol. The summed E-state index contributed by atoms with van der Waals surface area (Å²) in [6.45, 7) is 0. The number of hydrazine groups is 1. The number of rotatable bonds is 9. The summed E-state index contributed by atoms with van der Waals surface area (Å²) in [6, 6.07) is 14.0. The molecule has 0 radical (unpaired) electrons. The van der Waals surface area contributed by atoms with E-state index in [2.05, 4.69) is 15.9 Å². The zero-order chi connectivity index (χ0) is 23.3. The first-order chi connectivity index (χ1) is 15.4. The Morgan fingerprint density at radius 1 is 1.06 bits per heavy atom. The fourth-order valence-electron chi connectivity index (χ4n) is 3.16. The van der Waals surface area contributed by atoms with Gasteiger partial charge < -0.3 is 24.4 Å². The normalized spacial score (nSPS) is 12.0. The minimum Gasteiger partial charge on any atom is -0.495 e. The van der Waals surface area contributed by atoms with Gasteiger partial charge in [0.15, 0.2) is 5.76 Å². The van der Waals surface area contributed by atoms with Crippen molar-refractivity contribution < 1.29 is 23.4 Å². The average Bonchev–Trinajstić information content (AvgIpc) is 3.30. The van der Waals surface area contributed by atoms with Gasteiger partial charge in [-0.05, 0) is 57.9 Å². The number of hydrogen-bond donors (Lipinski definition) is 2. The minimum absolute atomic E-state index is 0.170. The smallest absolute Gasteiger partial charge is 0.231 e. The van der Waals surface area contributed by atoms with Crippen LogP contribution in [0.4, 0.5) is 5.69 Å². The number of ketones is 1. The summed E-state index contributed by atoms with van der Waals surface area (Å²) in [5.41, 5.74) is 7.43. The van der Waals surface area contributed by atoms with Crippen LogP contribution in [0, 0.1) is 0 Å². The van der Waals surface area contributed by atoms with Gasteiger partial charge in [-0.2, -0.15) is 0 Å². The zero-order valence-corrected chi connectivity index (χ0v) is 19.5. The monoisotopic (exact) mass is 501 g/mol. The maximum atomic E-state index is 13.1. The Morgan fingerprint density at radius 2 is 1.69 bits per heavy atom. The van der Waals surface area contributed by atoms with E-state index in [1.54, 1.807) is 62.8 Å². The van der Waals surface area contributed by atoms with Crippen LogP contribution in [0.15, 0.2) is 69.8 Å². The van der Waals surface area contributed by atoms with Gasteiger partial charge in [-0.25, -0.2) is 5.84 Å². The van der Waals surface area contributed by atoms with Gasteiger partial charge in [0.1, 0.15) is 27.8 Å². The number of nitrogens with zero attached hydrogens (tertiary/aromatic N) is 1. The Balaban J connectivity index is 1.87. The highest BCUT2D eigenvalue weighted by molar-refractivity contribution is 9.10. The Morgan fingerprint density at radius 3 is 2.22 bits per heavy atom. The van der Waals surface area contributed by atoms with Crippen molar-refractivity contribution in [3.8, 4) is 22.8 Å². The highest BCUT2D eigenvalue weighted by Crippen LogP contribution is 2.39. The van der Waals surface area contributed by atoms with Crippen molar-refractivity contribution in [3.63, 3.8) is 0 Å². The Bertz CT molecular complexity index is 1090. The summed E-state index contributed by atoms with van der Waals surface area (Å²) in [7, 11) is 4.59. The number of carbonyl (C=O) groups is 1. The highest BCUT2D eigenvalue weighted by atomic mass is 79.9. The molecule has 0 bridgehead atoms. The molecule has 0 spiro atoms. The van der Waals surface area contributed by atoms with Gasteiger partial charge in [-0.1, -0.05) is 12.1 Å². The van der Waals surface area contributed by atoms with E-state index in [4.69, 9.17) is 30.2 Å². The molecule has 0 aliphatic carbocycles. The first-order valence-corrected chi connectivity index (χ1v) is 10.3. The van der Waals surface area contributed by atoms with Crippen LogP contribution in [0.2, 0.25) is 0 Å². The standard InChI is InChI=1S/C23H24BrN3O5/c1-29-19-12-15(13-20(30-2)21(19)24)17-8-9-18(32-17)22(28)23(31-3)14-4-6-16(7-5-14)27(26)11-10-25/h4-13,23H,25-26H2,1-3H3/b11-10-.